The van der Waals surface area contributed by atoms with Crippen molar-refractivity contribution in [3.8, 4) is 0 Å². The van der Waals surface area contributed by atoms with Crippen LogP contribution in [0.4, 0.5) is 4.39 Å². The van der Waals surface area contributed by atoms with Gasteiger partial charge >= 0.3 is 0 Å². The fourth-order valence-corrected chi connectivity index (χ4v) is 3.39. The molecular weight excluding hydrogens is 315 g/mol. The van der Waals surface area contributed by atoms with Gasteiger partial charge in [0, 0.05) is 29.7 Å². The van der Waals surface area contributed by atoms with Gasteiger partial charge in [0.1, 0.15) is 11.5 Å². The van der Waals surface area contributed by atoms with Crippen LogP contribution in [-0.2, 0) is 0 Å². The number of halogens is 1. The highest BCUT2D eigenvalue weighted by molar-refractivity contribution is 8.00. The Labute approximate surface area is 138 Å². The number of likely N-dealkylation sites (tertiary alicyclic amines) is 1. The van der Waals surface area contributed by atoms with Gasteiger partial charge in [0.05, 0.1) is 5.75 Å². The van der Waals surface area contributed by atoms with Crippen LogP contribution in [0, 0.1) is 5.82 Å². The molecule has 1 saturated heterocycles. The molecule has 0 radical (unpaired) electrons. The van der Waals surface area contributed by atoms with Crippen LogP contribution in [0.3, 0.4) is 0 Å². The lowest BCUT2D eigenvalue weighted by Crippen LogP contribution is -2.27. The summed E-state index contributed by atoms with van der Waals surface area (Å²) in [6.07, 6.45) is 3.60. The van der Waals surface area contributed by atoms with Gasteiger partial charge < -0.3 is 9.88 Å². The Morgan fingerprint density at radius 1 is 1.22 bits per heavy atom. The third-order valence-electron chi connectivity index (χ3n) is 3.82. The van der Waals surface area contributed by atoms with Crippen molar-refractivity contribution in [3.63, 3.8) is 0 Å². The maximum atomic E-state index is 13.5. The summed E-state index contributed by atoms with van der Waals surface area (Å²) in [5.41, 5.74) is 0.891. The summed E-state index contributed by atoms with van der Waals surface area (Å²) in [5.74, 6) is -0.390. The van der Waals surface area contributed by atoms with Crippen molar-refractivity contribution in [3.05, 3.63) is 53.6 Å². The lowest BCUT2D eigenvalue weighted by Gasteiger charge is -2.13. The standard InChI is InChI=1S/C17H17FN2O2S/c18-13-5-1-2-6-16(13)23-11-15(21)12-9-14(19-10-12)17(22)20-7-3-4-8-20/h1-2,5-6,9-10,19H,3-4,7-8,11H2. The van der Waals surface area contributed by atoms with E-state index in [0.29, 0.717) is 16.2 Å². The monoisotopic (exact) mass is 332 g/mol. The number of aromatic amines is 1. The summed E-state index contributed by atoms with van der Waals surface area (Å²) in [6.45, 7) is 1.54. The van der Waals surface area contributed by atoms with E-state index >= 15 is 0 Å². The average molecular weight is 332 g/mol. The van der Waals surface area contributed by atoms with Gasteiger partial charge in [0.25, 0.3) is 5.91 Å². The molecule has 0 unspecified atom stereocenters. The van der Waals surface area contributed by atoms with E-state index in [-0.39, 0.29) is 23.3 Å². The van der Waals surface area contributed by atoms with Gasteiger partial charge in [-0.2, -0.15) is 0 Å². The third kappa shape index (κ3) is 3.64. The van der Waals surface area contributed by atoms with Crippen molar-refractivity contribution in [1.29, 1.82) is 0 Å². The number of hydrogen-bond acceptors (Lipinski definition) is 3. The van der Waals surface area contributed by atoms with Crippen LogP contribution in [0.5, 0.6) is 0 Å². The van der Waals surface area contributed by atoms with Crippen LogP contribution in [0.15, 0.2) is 41.4 Å². The van der Waals surface area contributed by atoms with E-state index in [0.717, 1.165) is 37.7 Å². The number of nitrogens with one attached hydrogen (secondary N) is 1. The van der Waals surface area contributed by atoms with E-state index in [2.05, 4.69) is 4.98 Å². The summed E-state index contributed by atoms with van der Waals surface area (Å²) in [5, 5.41) is 0. The molecule has 23 heavy (non-hydrogen) atoms. The maximum absolute atomic E-state index is 13.5. The number of ketones is 1. The first-order chi connectivity index (χ1) is 11.1. The Bertz CT molecular complexity index is 723. The molecule has 0 spiro atoms. The predicted molar refractivity (Wildman–Crippen MR) is 87.4 cm³/mol. The largest absolute Gasteiger partial charge is 0.356 e. The van der Waals surface area contributed by atoms with Gasteiger partial charge in [-0.05, 0) is 31.0 Å². The fourth-order valence-electron chi connectivity index (χ4n) is 2.56. The van der Waals surface area contributed by atoms with Crippen molar-refractivity contribution in [2.75, 3.05) is 18.8 Å². The summed E-state index contributed by atoms with van der Waals surface area (Å²) in [4.78, 5) is 29.5. The SMILES string of the molecule is O=C(CSc1ccccc1F)c1c[nH]c(C(=O)N2CCCC2)c1. The lowest BCUT2D eigenvalue weighted by atomic mass is 10.2. The number of rotatable bonds is 5. The van der Waals surface area contributed by atoms with Crippen LogP contribution < -0.4 is 0 Å². The molecule has 1 fully saturated rings. The molecule has 2 aromatic rings. The lowest BCUT2D eigenvalue weighted by molar-refractivity contribution is 0.0787. The van der Waals surface area contributed by atoms with Crippen LogP contribution in [0.2, 0.25) is 0 Å². The number of H-pyrrole nitrogens is 1. The first-order valence-corrected chi connectivity index (χ1v) is 8.52. The molecule has 0 saturated carbocycles. The minimum atomic E-state index is -0.329. The molecule has 3 rings (SSSR count). The van der Waals surface area contributed by atoms with Gasteiger partial charge in [0.2, 0.25) is 0 Å². The number of amides is 1. The molecule has 120 valence electrons. The predicted octanol–water partition coefficient (Wildman–Crippen LogP) is 3.36. The number of Topliss-reactive ketones (excluding diaryl/α,β-unsaturated/α-hetero) is 1. The summed E-state index contributed by atoms with van der Waals surface area (Å²) in [6, 6.07) is 7.95. The Morgan fingerprint density at radius 2 is 1.96 bits per heavy atom. The number of hydrogen-bond donors (Lipinski definition) is 1. The van der Waals surface area contributed by atoms with E-state index in [1.165, 1.54) is 6.07 Å². The normalized spacial score (nSPS) is 14.2. The van der Waals surface area contributed by atoms with Gasteiger partial charge in [-0.3, -0.25) is 9.59 Å². The molecule has 2 heterocycles. The minimum absolute atomic E-state index is 0.0664. The molecule has 1 N–H and O–H groups in total. The van der Waals surface area contributed by atoms with E-state index < -0.39 is 0 Å². The van der Waals surface area contributed by atoms with Crippen LogP contribution in [0.25, 0.3) is 0 Å². The molecule has 1 amide bonds. The highest BCUT2D eigenvalue weighted by Gasteiger charge is 2.21. The Balaban J connectivity index is 1.62. The number of nitrogens with zero attached hydrogens (tertiary/aromatic N) is 1. The van der Waals surface area contributed by atoms with Crippen LogP contribution in [-0.4, -0.2) is 40.4 Å². The van der Waals surface area contributed by atoms with Crippen LogP contribution in [0.1, 0.15) is 33.7 Å². The molecule has 0 bridgehead atoms. The summed E-state index contributed by atoms with van der Waals surface area (Å²) in [7, 11) is 0. The van der Waals surface area contributed by atoms with E-state index in [1.807, 2.05) is 0 Å². The molecule has 1 aromatic heterocycles. The van der Waals surface area contributed by atoms with Gasteiger partial charge in [0.15, 0.2) is 5.78 Å². The van der Waals surface area contributed by atoms with E-state index in [4.69, 9.17) is 0 Å². The summed E-state index contributed by atoms with van der Waals surface area (Å²) >= 11 is 1.16. The number of carbonyl (C=O) groups excluding carboxylic acids is 2. The average Bonchev–Trinajstić information content (AvgIpc) is 3.24. The zero-order valence-electron chi connectivity index (χ0n) is 12.5. The highest BCUT2D eigenvalue weighted by Crippen LogP contribution is 2.22. The number of thioether (sulfide) groups is 1. The smallest absolute Gasteiger partial charge is 0.270 e. The zero-order valence-corrected chi connectivity index (χ0v) is 13.4. The second-order valence-electron chi connectivity index (χ2n) is 5.44. The number of benzene rings is 1. The molecule has 1 aromatic carbocycles. The Hall–Kier alpha value is -2.08. The van der Waals surface area contributed by atoms with Crippen molar-refractivity contribution in [2.24, 2.45) is 0 Å². The fraction of sp³-hybridized carbons (Fsp3) is 0.294. The second kappa shape index (κ2) is 7.00. The molecule has 0 aliphatic carbocycles. The third-order valence-corrected chi connectivity index (χ3v) is 4.87. The molecule has 1 aliphatic heterocycles. The number of aromatic nitrogens is 1. The first-order valence-electron chi connectivity index (χ1n) is 7.53. The Kier molecular flexibility index (Phi) is 4.81. The van der Waals surface area contributed by atoms with Crippen molar-refractivity contribution >= 4 is 23.5 Å². The van der Waals surface area contributed by atoms with Gasteiger partial charge in [-0.15, -0.1) is 11.8 Å². The van der Waals surface area contributed by atoms with Gasteiger partial charge in [-0.25, -0.2) is 4.39 Å². The second-order valence-corrected chi connectivity index (χ2v) is 6.46. The molecule has 0 atom stereocenters. The van der Waals surface area contributed by atoms with Crippen molar-refractivity contribution < 1.29 is 14.0 Å². The topological polar surface area (TPSA) is 53.2 Å². The molecule has 6 heteroatoms. The number of carbonyl (C=O) groups is 2. The summed E-state index contributed by atoms with van der Waals surface area (Å²) < 4.78 is 13.5. The molecular formula is C17H17FN2O2S. The van der Waals surface area contributed by atoms with E-state index in [9.17, 15) is 14.0 Å². The Morgan fingerprint density at radius 3 is 2.70 bits per heavy atom. The minimum Gasteiger partial charge on any atom is -0.356 e. The zero-order chi connectivity index (χ0) is 16.2. The van der Waals surface area contributed by atoms with Crippen molar-refractivity contribution in [2.45, 2.75) is 17.7 Å². The van der Waals surface area contributed by atoms with Crippen LogP contribution >= 0.6 is 11.8 Å². The maximum Gasteiger partial charge on any atom is 0.270 e. The molecule has 1 aliphatic rings. The quantitative estimate of drug-likeness (QED) is 0.675. The van der Waals surface area contributed by atoms with E-state index in [1.54, 1.807) is 35.4 Å². The van der Waals surface area contributed by atoms with Gasteiger partial charge in [-0.1, -0.05) is 12.1 Å². The first kappa shape index (κ1) is 15.8. The van der Waals surface area contributed by atoms with Crippen molar-refractivity contribution in [1.82, 2.24) is 9.88 Å². The molecule has 4 nitrogen and oxygen atoms in total. The highest BCUT2D eigenvalue weighted by atomic mass is 32.2.